The van der Waals surface area contributed by atoms with Crippen LogP contribution in [0.3, 0.4) is 0 Å². The van der Waals surface area contributed by atoms with Crippen LogP contribution in [-0.2, 0) is 22.4 Å². The van der Waals surface area contributed by atoms with E-state index in [0.29, 0.717) is 17.7 Å². The Balaban J connectivity index is 1.62. The number of hydrogen-bond acceptors (Lipinski definition) is 7. The summed E-state index contributed by atoms with van der Waals surface area (Å²) in [5, 5.41) is 34.8. The molecule has 2 saturated heterocycles. The predicted octanol–water partition coefficient (Wildman–Crippen LogP) is 0.910. The van der Waals surface area contributed by atoms with Gasteiger partial charge in [0.05, 0.1) is 6.10 Å². The van der Waals surface area contributed by atoms with Gasteiger partial charge in [-0.15, -0.1) is 0 Å². The summed E-state index contributed by atoms with van der Waals surface area (Å²) in [5.74, 6) is -0.128. The second-order valence-corrected chi connectivity index (χ2v) is 8.42. The zero-order chi connectivity index (χ0) is 20.0. The van der Waals surface area contributed by atoms with Crippen LogP contribution in [0.1, 0.15) is 37.8 Å². The van der Waals surface area contributed by atoms with Gasteiger partial charge in [-0.2, -0.15) is 0 Å². The number of phenolic OH excluding ortho intramolecular Hbond substituents is 1. The minimum atomic E-state index is -1.13. The van der Waals surface area contributed by atoms with Gasteiger partial charge in [0.2, 0.25) is 6.29 Å². The van der Waals surface area contributed by atoms with E-state index in [4.69, 9.17) is 9.47 Å². The van der Waals surface area contributed by atoms with Crippen LogP contribution in [0.4, 0.5) is 0 Å². The number of carbonyl (C=O) groups excluding carboxylic acids is 1. The molecule has 0 saturated carbocycles. The molecule has 0 radical (unpaired) electrons. The van der Waals surface area contributed by atoms with Gasteiger partial charge in [-0.3, -0.25) is 4.79 Å². The number of fused-ring (bicyclic) bond motifs is 2. The molecule has 2 aliphatic heterocycles. The van der Waals surface area contributed by atoms with E-state index in [0.717, 1.165) is 43.4 Å². The number of aliphatic hydroxyl groups excluding tert-OH is 2. The Kier molecular flexibility index (Phi) is 5.35. The predicted molar refractivity (Wildman–Crippen MR) is 101 cm³/mol. The average Bonchev–Trinajstić information content (AvgIpc) is 2.68. The van der Waals surface area contributed by atoms with Crippen LogP contribution in [0.5, 0.6) is 11.5 Å². The second-order valence-electron chi connectivity index (χ2n) is 8.42. The van der Waals surface area contributed by atoms with Gasteiger partial charge in [0.15, 0.2) is 17.3 Å². The van der Waals surface area contributed by atoms with E-state index in [-0.39, 0.29) is 11.5 Å². The van der Waals surface area contributed by atoms with Crippen molar-refractivity contribution < 1.29 is 29.6 Å². The van der Waals surface area contributed by atoms with Crippen LogP contribution in [0.2, 0.25) is 0 Å². The third-order valence-corrected chi connectivity index (χ3v) is 6.55. The van der Waals surface area contributed by atoms with E-state index in [1.165, 1.54) is 6.92 Å². The van der Waals surface area contributed by atoms with Crippen LogP contribution in [-0.4, -0.2) is 58.3 Å². The fourth-order valence-corrected chi connectivity index (χ4v) is 4.79. The molecule has 1 aliphatic carbocycles. The van der Waals surface area contributed by atoms with Crippen molar-refractivity contribution >= 4 is 5.78 Å². The Morgan fingerprint density at radius 3 is 2.79 bits per heavy atom. The van der Waals surface area contributed by atoms with Gasteiger partial charge in [-0.25, -0.2) is 0 Å². The summed E-state index contributed by atoms with van der Waals surface area (Å²) >= 11 is 0. The van der Waals surface area contributed by atoms with Crippen molar-refractivity contribution in [3.8, 4) is 11.5 Å². The highest BCUT2D eigenvalue weighted by Crippen LogP contribution is 2.42. The number of carbonyl (C=O) groups is 1. The van der Waals surface area contributed by atoms with Gasteiger partial charge in [-0.05, 0) is 56.7 Å². The number of rotatable bonds is 3. The second kappa shape index (κ2) is 7.63. The lowest BCUT2D eigenvalue weighted by molar-refractivity contribution is -0.249. The molecule has 2 heterocycles. The van der Waals surface area contributed by atoms with E-state index >= 15 is 0 Å². The monoisotopic (exact) mass is 391 g/mol. The summed E-state index contributed by atoms with van der Waals surface area (Å²) in [4.78, 5) is 11.8. The molecular formula is C21H29NO6. The third-order valence-electron chi connectivity index (χ3n) is 6.55. The first-order valence-electron chi connectivity index (χ1n) is 10.1. The molecule has 0 amide bonds. The molecule has 7 nitrogen and oxygen atoms in total. The highest BCUT2D eigenvalue weighted by Gasteiger charge is 2.46. The number of benzene rings is 1. The molecule has 7 atom stereocenters. The molecule has 0 bridgehead atoms. The van der Waals surface area contributed by atoms with Crippen molar-refractivity contribution in [2.24, 2.45) is 11.8 Å². The maximum absolute atomic E-state index is 11.8. The highest BCUT2D eigenvalue weighted by molar-refractivity contribution is 5.81. The molecule has 0 spiro atoms. The van der Waals surface area contributed by atoms with E-state index in [9.17, 15) is 20.1 Å². The molecule has 0 unspecified atom stereocenters. The van der Waals surface area contributed by atoms with E-state index in [1.807, 2.05) is 6.07 Å². The lowest BCUT2D eigenvalue weighted by Gasteiger charge is -2.41. The Morgan fingerprint density at radius 2 is 2.04 bits per heavy atom. The van der Waals surface area contributed by atoms with Crippen LogP contribution in [0.15, 0.2) is 12.1 Å². The number of phenols is 1. The van der Waals surface area contributed by atoms with Crippen molar-refractivity contribution in [3.63, 3.8) is 0 Å². The molecular weight excluding hydrogens is 362 g/mol. The smallest absolute Gasteiger partial charge is 0.227 e. The number of nitrogens with one attached hydrogen (secondary N) is 1. The molecule has 3 aliphatic rings. The summed E-state index contributed by atoms with van der Waals surface area (Å²) < 4.78 is 11.6. The number of Topliss-reactive ketones (excluding diaryl/α,β-unsaturated/α-hetero) is 1. The molecule has 4 rings (SSSR count). The molecule has 1 aromatic carbocycles. The summed E-state index contributed by atoms with van der Waals surface area (Å²) in [6.07, 6.45) is -0.489. The normalized spacial score (nSPS) is 37.6. The van der Waals surface area contributed by atoms with E-state index < -0.39 is 30.5 Å². The zero-order valence-electron chi connectivity index (χ0n) is 16.3. The van der Waals surface area contributed by atoms with Gasteiger partial charge in [0.1, 0.15) is 12.2 Å². The van der Waals surface area contributed by atoms with Crippen LogP contribution >= 0.6 is 0 Å². The Labute approximate surface area is 164 Å². The molecule has 2 fully saturated rings. The molecule has 0 aromatic heterocycles. The van der Waals surface area contributed by atoms with Crippen LogP contribution in [0.25, 0.3) is 0 Å². The summed E-state index contributed by atoms with van der Waals surface area (Å²) in [6, 6.07) is 3.97. The Bertz CT molecular complexity index is 753. The standard InChI is InChI=1S/C21H29NO6/c1-10-17(25)19(11(2)23)27-21(18(10)26)28-20-14-8-13-4-3-7-22-15(13)9-12(14)5-6-16(20)24/h5-6,10,13,15,17-19,21-22,24-26H,3-4,7-9H2,1-2H3/t10-,13+,15+,17-,18+,19+,21-/m0/s1. The zero-order valence-corrected chi connectivity index (χ0v) is 16.3. The van der Waals surface area contributed by atoms with Crippen molar-refractivity contribution in [3.05, 3.63) is 23.3 Å². The highest BCUT2D eigenvalue weighted by atomic mass is 16.7. The number of ketones is 1. The van der Waals surface area contributed by atoms with Gasteiger partial charge < -0.3 is 30.1 Å². The third kappa shape index (κ3) is 3.41. The maximum atomic E-state index is 11.8. The number of aliphatic hydroxyl groups is 2. The first-order chi connectivity index (χ1) is 13.4. The Morgan fingerprint density at radius 1 is 1.25 bits per heavy atom. The quantitative estimate of drug-likeness (QED) is 0.606. The molecule has 7 heteroatoms. The fraction of sp³-hybridized carbons (Fsp3) is 0.667. The lowest BCUT2D eigenvalue weighted by Crippen LogP contribution is -2.57. The van der Waals surface area contributed by atoms with Crippen LogP contribution in [0, 0.1) is 11.8 Å². The van der Waals surface area contributed by atoms with Crippen molar-refractivity contribution in [2.75, 3.05) is 6.54 Å². The van der Waals surface area contributed by atoms with Gasteiger partial charge >= 0.3 is 0 Å². The molecule has 1 aromatic rings. The minimum absolute atomic E-state index is 0.00470. The van der Waals surface area contributed by atoms with Gasteiger partial charge in [-0.1, -0.05) is 13.0 Å². The molecule has 154 valence electrons. The summed E-state index contributed by atoms with van der Waals surface area (Å²) in [7, 11) is 0. The van der Waals surface area contributed by atoms with Gasteiger partial charge in [0.25, 0.3) is 0 Å². The summed E-state index contributed by atoms with van der Waals surface area (Å²) in [6.45, 7) is 4.03. The number of aromatic hydroxyl groups is 1. The van der Waals surface area contributed by atoms with Crippen molar-refractivity contribution in [1.82, 2.24) is 5.32 Å². The van der Waals surface area contributed by atoms with Gasteiger partial charge in [0, 0.05) is 17.5 Å². The fourth-order valence-electron chi connectivity index (χ4n) is 4.79. The maximum Gasteiger partial charge on any atom is 0.227 e. The van der Waals surface area contributed by atoms with Crippen molar-refractivity contribution in [2.45, 2.75) is 70.2 Å². The van der Waals surface area contributed by atoms with Crippen LogP contribution < -0.4 is 10.1 Å². The molecule has 28 heavy (non-hydrogen) atoms. The first kappa shape index (κ1) is 19.6. The summed E-state index contributed by atoms with van der Waals surface area (Å²) in [5.41, 5.74) is 2.06. The minimum Gasteiger partial charge on any atom is -0.504 e. The topological polar surface area (TPSA) is 108 Å². The Hall–Kier alpha value is -1.67. The number of ether oxygens (including phenoxy) is 2. The number of piperidine rings is 1. The largest absolute Gasteiger partial charge is 0.504 e. The SMILES string of the molecule is CC(=O)[C@H]1O[C@@H](Oc2c(O)ccc3c2C[C@H]2CCCN[C@@H]2C3)[C@H](O)[C@@H](C)[C@@H]1O. The lowest BCUT2D eigenvalue weighted by atomic mass is 9.76. The van der Waals surface area contributed by atoms with Crippen molar-refractivity contribution in [1.29, 1.82) is 0 Å². The van der Waals surface area contributed by atoms with E-state index in [1.54, 1.807) is 13.0 Å². The average molecular weight is 391 g/mol. The first-order valence-corrected chi connectivity index (χ1v) is 10.1. The van der Waals surface area contributed by atoms with E-state index in [2.05, 4.69) is 5.32 Å². The number of hydrogen-bond donors (Lipinski definition) is 4. The molecule has 4 N–H and O–H groups in total.